The molecule has 1 aliphatic rings. The van der Waals surface area contributed by atoms with E-state index in [1.807, 2.05) is 31.2 Å². The van der Waals surface area contributed by atoms with Gasteiger partial charge in [0.1, 0.15) is 6.04 Å². The summed E-state index contributed by atoms with van der Waals surface area (Å²) in [5, 5.41) is 0. The van der Waals surface area contributed by atoms with Crippen molar-refractivity contribution in [1.29, 1.82) is 0 Å². The van der Waals surface area contributed by atoms with Crippen LogP contribution in [0.25, 0.3) is 0 Å². The molecule has 1 atom stereocenters. The molecule has 84 valence electrons. The smallest absolute Gasteiger partial charge is 0.240 e. The van der Waals surface area contributed by atoms with Crippen molar-refractivity contribution in [2.75, 3.05) is 0 Å². The molecule has 16 heavy (non-hydrogen) atoms. The number of carbonyl (C=O) groups excluding carboxylic acids is 2. The van der Waals surface area contributed by atoms with Crippen LogP contribution < -0.4 is 5.73 Å². The molecule has 0 aromatic heterocycles. The van der Waals surface area contributed by atoms with E-state index in [0.29, 0.717) is 6.54 Å². The third-order valence-electron chi connectivity index (χ3n) is 2.87. The van der Waals surface area contributed by atoms with Crippen LogP contribution in [0.5, 0.6) is 0 Å². The van der Waals surface area contributed by atoms with Crippen molar-refractivity contribution in [2.45, 2.75) is 25.9 Å². The molecule has 1 heterocycles. The number of carbonyl (C=O) groups is 2. The Balaban J connectivity index is 2.06. The first-order valence-corrected chi connectivity index (χ1v) is 5.22. The fraction of sp³-hybridized carbons (Fsp3) is 0.333. The fourth-order valence-corrected chi connectivity index (χ4v) is 1.80. The predicted octanol–water partition coefficient (Wildman–Crippen LogP) is 0.581. The van der Waals surface area contributed by atoms with Crippen molar-refractivity contribution in [2.24, 2.45) is 5.73 Å². The number of hydrogen-bond donors (Lipinski definition) is 1. The summed E-state index contributed by atoms with van der Waals surface area (Å²) in [4.78, 5) is 23.9. The molecule has 0 bridgehead atoms. The van der Waals surface area contributed by atoms with Crippen molar-refractivity contribution in [3.05, 3.63) is 35.4 Å². The Morgan fingerprint density at radius 1 is 1.44 bits per heavy atom. The number of nitrogens with zero attached hydrogens (tertiary/aromatic N) is 1. The molecule has 1 saturated heterocycles. The van der Waals surface area contributed by atoms with Crippen LogP contribution >= 0.6 is 0 Å². The molecule has 1 aromatic rings. The molecule has 2 N–H and O–H groups in total. The Labute approximate surface area is 94.0 Å². The van der Waals surface area contributed by atoms with E-state index < -0.39 is 11.9 Å². The molecule has 0 radical (unpaired) electrons. The number of amides is 2. The molecule has 4 nitrogen and oxygen atoms in total. The molecule has 2 rings (SSSR count). The zero-order valence-corrected chi connectivity index (χ0v) is 9.14. The minimum Gasteiger partial charge on any atom is -0.368 e. The van der Waals surface area contributed by atoms with Gasteiger partial charge in [0.15, 0.2) is 0 Å². The Hall–Kier alpha value is -1.84. The van der Waals surface area contributed by atoms with Crippen LogP contribution in [-0.4, -0.2) is 22.8 Å². The van der Waals surface area contributed by atoms with Crippen molar-refractivity contribution in [1.82, 2.24) is 4.90 Å². The molecular weight excluding hydrogens is 204 g/mol. The Morgan fingerprint density at radius 3 is 2.56 bits per heavy atom. The van der Waals surface area contributed by atoms with Crippen LogP contribution in [0.3, 0.4) is 0 Å². The van der Waals surface area contributed by atoms with Crippen LogP contribution in [0.4, 0.5) is 0 Å². The van der Waals surface area contributed by atoms with Gasteiger partial charge in [-0.25, -0.2) is 0 Å². The summed E-state index contributed by atoms with van der Waals surface area (Å²) in [7, 11) is 0. The number of benzene rings is 1. The van der Waals surface area contributed by atoms with Gasteiger partial charge in [-0.2, -0.15) is 0 Å². The molecule has 0 aliphatic carbocycles. The fourth-order valence-electron chi connectivity index (χ4n) is 1.80. The second-order valence-corrected chi connectivity index (χ2v) is 4.13. The molecule has 0 unspecified atom stereocenters. The third kappa shape index (κ3) is 1.91. The lowest BCUT2D eigenvalue weighted by atomic mass is 10.00. The van der Waals surface area contributed by atoms with Gasteiger partial charge in [0.05, 0.1) is 6.42 Å². The highest BCUT2D eigenvalue weighted by molar-refractivity contribution is 5.96. The average Bonchev–Trinajstić information content (AvgIpc) is 2.24. The molecule has 4 heteroatoms. The molecule has 1 aromatic carbocycles. The first-order valence-electron chi connectivity index (χ1n) is 5.22. The lowest BCUT2D eigenvalue weighted by molar-refractivity contribution is -0.153. The minimum absolute atomic E-state index is 0.00984. The molecule has 1 aliphatic heterocycles. The van der Waals surface area contributed by atoms with Gasteiger partial charge >= 0.3 is 0 Å². The number of rotatable bonds is 3. The largest absolute Gasteiger partial charge is 0.368 e. The van der Waals surface area contributed by atoms with Crippen molar-refractivity contribution in [3.8, 4) is 0 Å². The van der Waals surface area contributed by atoms with Gasteiger partial charge in [-0.05, 0) is 12.5 Å². The van der Waals surface area contributed by atoms with Crippen LogP contribution in [-0.2, 0) is 16.1 Å². The Morgan fingerprint density at radius 2 is 2.06 bits per heavy atom. The Bertz CT molecular complexity index is 425. The quantitative estimate of drug-likeness (QED) is 0.754. The van der Waals surface area contributed by atoms with E-state index in [4.69, 9.17) is 5.73 Å². The SMILES string of the molecule is Cc1ccc(CN2C(=O)C[C@H]2C(N)=O)cc1. The summed E-state index contributed by atoms with van der Waals surface area (Å²) in [6, 6.07) is 7.46. The van der Waals surface area contributed by atoms with E-state index in [2.05, 4.69) is 0 Å². The predicted molar refractivity (Wildman–Crippen MR) is 59.3 cm³/mol. The molecule has 2 amide bonds. The van der Waals surface area contributed by atoms with Gasteiger partial charge in [0.2, 0.25) is 11.8 Å². The summed E-state index contributed by atoms with van der Waals surface area (Å²) in [5.74, 6) is -0.434. The second-order valence-electron chi connectivity index (χ2n) is 4.13. The number of aryl methyl sites for hydroxylation is 1. The molecular formula is C12H14N2O2. The van der Waals surface area contributed by atoms with Crippen molar-refractivity contribution < 1.29 is 9.59 Å². The first kappa shape index (κ1) is 10.7. The lowest BCUT2D eigenvalue weighted by Gasteiger charge is -2.38. The maximum atomic E-state index is 11.3. The topological polar surface area (TPSA) is 63.4 Å². The molecule has 0 spiro atoms. The maximum absolute atomic E-state index is 11.3. The minimum atomic E-state index is -0.424. The lowest BCUT2D eigenvalue weighted by Crippen LogP contribution is -2.57. The van der Waals surface area contributed by atoms with Gasteiger partial charge in [-0.3, -0.25) is 9.59 Å². The van der Waals surface area contributed by atoms with Gasteiger partial charge in [-0.1, -0.05) is 29.8 Å². The van der Waals surface area contributed by atoms with Crippen LogP contribution in [0.2, 0.25) is 0 Å². The number of β-lactam (4-membered cyclic amide) rings is 1. The third-order valence-corrected chi connectivity index (χ3v) is 2.87. The summed E-state index contributed by atoms with van der Waals surface area (Å²) >= 11 is 0. The second kappa shape index (κ2) is 3.96. The summed E-state index contributed by atoms with van der Waals surface area (Å²) < 4.78 is 0. The van der Waals surface area contributed by atoms with Gasteiger partial charge in [0.25, 0.3) is 0 Å². The highest BCUT2D eigenvalue weighted by Crippen LogP contribution is 2.21. The van der Waals surface area contributed by atoms with Crippen molar-refractivity contribution >= 4 is 11.8 Å². The van der Waals surface area contributed by atoms with E-state index >= 15 is 0 Å². The summed E-state index contributed by atoms with van der Waals surface area (Å²) in [5.41, 5.74) is 7.39. The molecule has 0 saturated carbocycles. The normalized spacial score (nSPS) is 19.4. The van der Waals surface area contributed by atoms with E-state index in [0.717, 1.165) is 5.56 Å². The zero-order chi connectivity index (χ0) is 11.7. The van der Waals surface area contributed by atoms with Gasteiger partial charge < -0.3 is 10.6 Å². The van der Waals surface area contributed by atoms with Gasteiger partial charge in [0, 0.05) is 6.54 Å². The van der Waals surface area contributed by atoms with Gasteiger partial charge in [-0.15, -0.1) is 0 Å². The van der Waals surface area contributed by atoms with E-state index in [-0.39, 0.29) is 12.3 Å². The van der Waals surface area contributed by atoms with Crippen LogP contribution in [0.15, 0.2) is 24.3 Å². The first-order chi connectivity index (χ1) is 7.58. The summed E-state index contributed by atoms with van der Waals surface area (Å²) in [6.07, 6.45) is 0.251. The number of hydrogen-bond acceptors (Lipinski definition) is 2. The monoisotopic (exact) mass is 218 g/mol. The van der Waals surface area contributed by atoms with Crippen LogP contribution in [0, 0.1) is 6.92 Å². The highest BCUT2D eigenvalue weighted by atomic mass is 16.2. The highest BCUT2D eigenvalue weighted by Gasteiger charge is 2.39. The standard InChI is InChI=1S/C12H14N2O2/c1-8-2-4-9(5-3-8)7-14-10(12(13)16)6-11(14)15/h2-5,10H,6-7H2,1H3,(H2,13,16)/t10-/m0/s1. The number of primary amides is 1. The maximum Gasteiger partial charge on any atom is 0.240 e. The number of likely N-dealkylation sites (tertiary alicyclic amines) is 1. The van der Waals surface area contributed by atoms with Crippen LogP contribution in [0.1, 0.15) is 17.5 Å². The Kier molecular flexibility index (Phi) is 2.64. The van der Waals surface area contributed by atoms with E-state index in [1.54, 1.807) is 0 Å². The molecule has 1 fully saturated rings. The zero-order valence-electron chi connectivity index (χ0n) is 9.14. The van der Waals surface area contributed by atoms with E-state index in [9.17, 15) is 9.59 Å². The van der Waals surface area contributed by atoms with Crippen molar-refractivity contribution in [3.63, 3.8) is 0 Å². The average molecular weight is 218 g/mol. The number of nitrogens with two attached hydrogens (primary N) is 1. The van der Waals surface area contributed by atoms with E-state index in [1.165, 1.54) is 10.5 Å². The summed E-state index contributed by atoms with van der Waals surface area (Å²) in [6.45, 7) is 2.47.